The van der Waals surface area contributed by atoms with E-state index in [2.05, 4.69) is 5.32 Å². The highest BCUT2D eigenvalue weighted by atomic mass is 19.4. The average molecular weight is 429 g/mol. The molecule has 1 amide bonds. The zero-order valence-corrected chi connectivity index (χ0v) is 15.6. The molecule has 158 valence electrons. The number of aromatic carboxylic acids is 2. The molecule has 3 aromatic rings. The Bertz CT molecular complexity index is 1170. The fraction of sp³-hybridized carbons (Fsp3) is 0.0455. The molecule has 0 aliphatic carbocycles. The summed E-state index contributed by atoms with van der Waals surface area (Å²) in [6.07, 6.45) is -4.47. The number of nitrogens with one attached hydrogen (secondary N) is 1. The number of carboxylic acid groups (broad SMARTS) is 2. The van der Waals surface area contributed by atoms with Crippen LogP contribution in [0.1, 0.15) is 36.6 Å². The van der Waals surface area contributed by atoms with Gasteiger partial charge in [0.1, 0.15) is 0 Å². The molecule has 6 nitrogen and oxygen atoms in total. The lowest BCUT2D eigenvalue weighted by Gasteiger charge is -2.11. The van der Waals surface area contributed by atoms with E-state index in [1.807, 2.05) is 0 Å². The number of rotatable bonds is 5. The molecular weight excluding hydrogens is 415 g/mol. The minimum absolute atomic E-state index is 0.237. The molecule has 3 aromatic carbocycles. The topological polar surface area (TPSA) is 104 Å². The Balaban J connectivity index is 1.83. The van der Waals surface area contributed by atoms with E-state index < -0.39 is 35.1 Å². The molecular formula is C22H14F3NO5. The molecule has 0 aliphatic heterocycles. The zero-order chi connectivity index (χ0) is 22.8. The molecule has 0 heterocycles. The van der Waals surface area contributed by atoms with Gasteiger partial charge in [-0.25, -0.2) is 9.59 Å². The standard InChI is InChI=1S/C22H14F3NO5/c23-22(24,25)15-3-1-2-13(10-15)12-4-7-16(8-5-12)26-19(27)17-9-6-14(20(28)29)11-18(17)21(30)31/h1-11H,(H,26,27)(H,28,29)(H,30,31). The van der Waals surface area contributed by atoms with Crippen LogP contribution < -0.4 is 5.32 Å². The van der Waals surface area contributed by atoms with Crippen LogP contribution in [-0.4, -0.2) is 28.1 Å². The Morgan fingerprint density at radius 3 is 2.00 bits per heavy atom. The second-order valence-electron chi connectivity index (χ2n) is 6.48. The number of amides is 1. The maximum Gasteiger partial charge on any atom is 0.416 e. The van der Waals surface area contributed by atoms with Gasteiger partial charge in [0.25, 0.3) is 5.91 Å². The number of halogens is 3. The van der Waals surface area contributed by atoms with E-state index in [1.54, 1.807) is 0 Å². The number of carbonyl (C=O) groups is 3. The van der Waals surface area contributed by atoms with E-state index in [0.717, 1.165) is 30.3 Å². The van der Waals surface area contributed by atoms with Crippen LogP contribution >= 0.6 is 0 Å². The highest BCUT2D eigenvalue weighted by Crippen LogP contribution is 2.32. The van der Waals surface area contributed by atoms with Crippen molar-refractivity contribution in [2.75, 3.05) is 5.32 Å². The van der Waals surface area contributed by atoms with Crippen molar-refractivity contribution in [3.8, 4) is 11.1 Å². The monoisotopic (exact) mass is 429 g/mol. The summed E-state index contributed by atoms with van der Waals surface area (Å²) in [6.45, 7) is 0. The van der Waals surface area contributed by atoms with Crippen LogP contribution in [0.15, 0.2) is 66.7 Å². The highest BCUT2D eigenvalue weighted by molar-refractivity contribution is 6.11. The molecule has 0 saturated carbocycles. The quantitative estimate of drug-likeness (QED) is 0.528. The van der Waals surface area contributed by atoms with Crippen LogP contribution in [-0.2, 0) is 6.18 Å². The lowest BCUT2D eigenvalue weighted by molar-refractivity contribution is -0.137. The Kier molecular flexibility index (Phi) is 5.78. The van der Waals surface area contributed by atoms with Crippen LogP contribution in [0.3, 0.4) is 0 Å². The van der Waals surface area contributed by atoms with Crippen molar-refractivity contribution in [1.82, 2.24) is 0 Å². The number of alkyl halides is 3. The molecule has 0 bridgehead atoms. The van der Waals surface area contributed by atoms with Crippen molar-refractivity contribution >= 4 is 23.5 Å². The third-order valence-electron chi connectivity index (χ3n) is 4.41. The van der Waals surface area contributed by atoms with Crippen molar-refractivity contribution < 1.29 is 37.8 Å². The van der Waals surface area contributed by atoms with Crippen molar-refractivity contribution in [2.24, 2.45) is 0 Å². The van der Waals surface area contributed by atoms with Gasteiger partial charge in [0, 0.05) is 5.69 Å². The summed E-state index contributed by atoms with van der Waals surface area (Å²) in [5, 5.41) is 20.7. The van der Waals surface area contributed by atoms with E-state index in [1.165, 1.54) is 36.4 Å². The summed E-state index contributed by atoms with van der Waals surface area (Å²) in [6, 6.07) is 13.8. The first-order chi connectivity index (χ1) is 14.6. The van der Waals surface area contributed by atoms with Crippen LogP contribution in [0.25, 0.3) is 11.1 Å². The smallest absolute Gasteiger partial charge is 0.416 e. The lowest BCUT2D eigenvalue weighted by atomic mass is 10.0. The van der Waals surface area contributed by atoms with E-state index in [0.29, 0.717) is 11.1 Å². The SMILES string of the molecule is O=C(O)c1ccc(C(=O)Nc2ccc(-c3cccc(C(F)(F)F)c3)cc2)c(C(=O)O)c1. The number of carboxylic acids is 2. The normalized spacial score (nSPS) is 11.1. The lowest BCUT2D eigenvalue weighted by Crippen LogP contribution is -2.17. The maximum atomic E-state index is 12.9. The molecule has 0 fully saturated rings. The molecule has 3 rings (SSSR count). The van der Waals surface area contributed by atoms with E-state index in [4.69, 9.17) is 5.11 Å². The fourth-order valence-corrected chi connectivity index (χ4v) is 2.87. The molecule has 0 atom stereocenters. The fourth-order valence-electron chi connectivity index (χ4n) is 2.87. The van der Waals surface area contributed by atoms with Crippen LogP contribution in [0.5, 0.6) is 0 Å². The summed E-state index contributed by atoms with van der Waals surface area (Å²) in [4.78, 5) is 34.9. The summed E-state index contributed by atoms with van der Waals surface area (Å²) >= 11 is 0. The molecule has 31 heavy (non-hydrogen) atoms. The third-order valence-corrected chi connectivity index (χ3v) is 4.41. The van der Waals surface area contributed by atoms with E-state index >= 15 is 0 Å². The Morgan fingerprint density at radius 2 is 1.42 bits per heavy atom. The van der Waals surface area contributed by atoms with E-state index in [-0.39, 0.29) is 16.8 Å². The number of carbonyl (C=O) groups excluding carboxylic acids is 1. The average Bonchev–Trinajstić information content (AvgIpc) is 2.73. The van der Waals surface area contributed by atoms with Gasteiger partial charge >= 0.3 is 18.1 Å². The third kappa shape index (κ3) is 4.89. The van der Waals surface area contributed by atoms with Crippen molar-refractivity contribution in [3.63, 3.8) is 0 Å². The van der Waals surface area contributed by atoms with E-state index in [9.17, 15) is 32.7 Å². The Morgan fingerprint density at radius 1 is 0.742 bits per heavy atom. The summed E-state index contributed by atoms with van der Waals surface area (Å²) in [5.74, 6) is -3.58. The van der Waals surface area contributed by atoms with Gasteiger partial charge in [-0.2, -0.15) is 13.2 Å². The summed E-state index contributed by atoms with van der Waals surface area (Å²) < 4.78 is 38.7. The maximum absolute atomic E-state index is 12.9. The van der Waals surface area contributed by atoms with Crippen LogP contribution in [0, 0.1) is 0 Å². The highest BCUT2D eigenvalue weighted by Gasteiger charge is 2.30. The van der Waals surface area contributed by atoms with Gasteiger partial charge in [-0.15, -0.1) is 0 Å². The van der Waals surface area contributed by atoms with Gasteiger partial charge in [-0.05, 0) is 53.6 Å². The summed E-state index contributed by atoms with van der Waals surface area (Å²) in [5.41, 5.74) is -0.671. The Labute approximate surface area is 173 Å². The minimum Gasteiger partial charge on any atom is -0.478 e. The first-order valence-corrected chi connectivity index (χ1v) is 8.76. The molecule has 0 saturated heterocycles. The van der Waals surface area contributed by atoms with Gasteiger partial charge in [0.15, 0.2) is 0 Å². The Hall–Kier alpha value is -4.14. The number of hydrogen-bond acceptors (Lipinski definition) is 3. The van der Waals surface area contributed by atoms with Gasteiger partial charge in [-0.1, -0.05) is 24.3 Å². The minimum atomic E-state index is -4.47. The molecule has 0 aromatic heterocycles. The van der Waals surface area contributed by atoms with Gasteiger partial charge in [-0.3, -0.25) is 4.79 Å². The molecule has 9 heteroatoms. The predicted octanol–water partition coefficient (Wildman–Crippen LogP) is 5.02. The molecule has 0 spiro atoms. The van der Waals surface area contributed by atoms with Gasteiger partial charge in [0.2, 0.25) is 0 Å². The van der Waals surface area contributed by atoms with Crippen LogP contribution in [0.2, 0.25) is 0 Å². The predicted molar refractivity (Wildman–Crippen MR) is 105 cm³/mol. The van der Waals surface area contributed by atoms with Crippen molar-refractivity contribution in [3.05, 3.63) is 89.0 Å². The first kappa shape index (κ1) is 21.6. The second kappa shape index (κ2) is 8.31. The van der Waals surface area contributed by atoms with Crippen molar-refractivity contribution in [1.29, 1.82) is 0 Å². The van der Waals surface area contributed by atoms with Crippen LogP contribution in [0.4, 0.5) is 18.9 Å². The first-order valence-electron chi connectivity index (χ1n) is 8.76. The van der Waals surface area contributed by atoms with Gasteiger partial charge < -0.3 is 15.5 Å². The van der Waals surface area contributed by atoms with Gasteiger partial charge in [0.05, 0.1) is 22.3 Å². The van der Waals surface area contributed by atoms with Crippen molar-refractivity contribution in [2.45, 2.75) is 6.18 Å². The number of hydrogen-bond donors (Lipinski definition) is 3. The summed E-state index contributed by atoms with van der Waals surface area (Å²) in [7, 11) is 0. The number of anilines is 1. The molecule has 0 aliphatic rings. The number of benzene rings is 3. The molecule has 3 N–H and O–H groups in total. The zero-order valence-electron chi connectivity index (χ0n) is 15.6. The largest absolute Gasteiger partial charge is 0.478 e. The second-order valence-corrected chi connectivity index (χ2v) is 6.48. The molecule has 0 radical (unpaired) electrons. The molecule has 0 unspecified atom stereocenters.